The fourth-order valence-electron chi connectivity index (χ4n) is 2.34. The molecule has 1 amide bonds. The van der Waals surface area contributed by atoms with Crippen LogP contribution >= 0.6 is 27.3 Å². The van der Waals surface area contributed by atoms with E-state index in [2.05, 4.69) is 21.2 Å². The number of hydrogen-bond donors (Lipinski definition) is 1. The van der Waals surface area contributed by atoms with Crippen LogP contribution in [0, 0.1) is 5.92 Å². The fraction of sp³-hybridized carbons (Fsp3) is 0.615. The van der Waals surface area contributed by atoms with Crippen LogP contribution in [0.15, 0.2) is 15.9 Å². The molecule has 8 heteroatoms. The number of halogens is 1. The number of carbonyl (C=O) groups excluding carboxylic acids is 1. The van der Waals surface area contributed by atoms with Gasteiger partial charge in [0.25, 0.3) is 0 Å². The molecule has 0 radical (unpaired) electrons. The number of piperidine rings is 1. The lowest BCUT2D eigenvalue weighted by Gasteiger charge is -2.30. The van der Waals surface area contributed by atoms with Crippen LogP contribution in [0.3, 0.4) is 0 Å². The maximum Gasteiger partial charge on any atom is 0.223 e. The number of sulfonamides is 1. The molecule has 1 saturated heterocycles. The zero-order chi connectivity index (χ0) is 15.5. The van der Waals surface area contributed by atoms with Crippen LogP contribution in [0.25, 0.3) is 0 Å². The van der Waals surface area contributed by atoms with E-state index >= 15 is 0 Å². The number of nitrogens with one attached hydrogen (secondary N) is 1. The summed E-state index contributed by atoms with van der Waals surface area (Å²) in [6, 6.07) is 3.94. The third-order valence-corrected chi connectivity index (χ3v) is 7.15. The van der Waals surface area contributed by atoms with E-state index in [1.807, 2.05) is 12.1 Å². The van der Waals surface area contributed by atoms with Crippen LogP contribution in [0.2, 0.25) is 0 Å². The van der Waals surface area contributed by atoms with Gasteiger partial charge in [-0.3, -0.25) is 4.79 Å². The number of amides is 1. The van der Waals surface area contributed by atoms with E-state index in [1.165, 1.54) is 4.31 Å². The molecule has 118 valence electrons. The Labute approximate surface area is 137 Å². The van der Waals surface area contributed by atoms with Gasteiger partial charge < -0.3 is 5.32 Å². The Morgan fingerprint density at radius 1 is 1.43 bits per heavy atom. The number of nitrogens with zero attached hydrogens (tertiary/aromatic N) is 1. The van der Waals surface area contributed by atoms with Crippen molar-refractivity contribution in [1.29, 1.82) is 0 Å². The average molecular weight is 395 g/mol. The van der Waals surface area contributed by atoms with Crippen molar-refractivity contribution in [1.82, 2.24) is 9.62 Å². The molecule has 0 spiro atoms. The highest BCUT2D eigenvalue weighted by Crippen LogP contribution is 2.23. The molecule has 1 fully saturated rings. The third kappa shape index (κ3) is 4.51. The number of thiophene rings is 1. The van der Waals surface area contributed by atoms with Gasteiger partial charge in [0.1, 0.15) is 0 Å². The summed E-state index contributed by atoms with van der Waals surface area (Å²) in [6.45, 7) is 3.06. The Hall–Kier alpha value is -0.440. The molecule has 5 nitrogen and oxygen atoms in total. The fourth-order valence-corrected chi connectivity index (χ4v) is 4.90. The molecular weight excluding hydrogens is 376 g/mol. The molecule has 2 heterocycles. The summed E-state index contributed by atoms with van der Waals surface area (Å²) in [5.41, 5.74) is 0. The van der Waals surface area contributed by atoms with Gasteiger partial charge >= 0.3 is 0 Å². The van der Waals surface area contributed by atoms with E-state index in [-0.39, 0.29) is 17.6 Å². The Balaban J connectivity index is 1.80. The minimum Gasteiger partial charge on any atom is -0.351 e. The van der Waals surface area contributed by atoms with Gasteiger partial charge in [-0.25, -0.2) is 12.7 Å². The molecule has 1 aliphatic heterocycles. The maximum absolute atomic E-state index is 12.1. The van der Waals surface area contributed by atoms with Crippen molar-refractivity contribution in [3.63, 3.8) is 0 Å². The average Bonchev–Trinajstić information content (AvgIpc) is 2.90. The van der Waals surface area contributed by atoms with E-state index in [9.17, 15) is 13.2 Å². The molecule has 0 unspecified atom stereocenters. The predicted octanol–water partition coefficient (Wildman–Crippen LogP) is 2.19. The Morgan fingerprint density at radius 3 is 2.62 bits per heavy atom. The van der Waals surface area contributed by atoms with Gasteiger partial charge in [0, 0.05) is 23.9 Å². The number of rotatable bonds is 5. The van der Waals surface area contributed by atoms with Crippen LogP contribution in [0.4, 0.5) is 0 Å². The second kappa shape index (κ2) is 7.21. The zero-order valence-corrected chi connectivity index (χ0v) is 15.1. The van der Waals surface area contributed by atoms with Gasteiger partial charge in [-0.15, -0.1) is 11.3 Å². The first-order valence-corrected chi connectivity index (χ1v) is 10.1. The van der Waals surface area contributed by atoms with Crippen molar-refractivity contribution in [2.24, 2.45) is 5.92 Å². The molecule has 0 aromatic carbocycles. The molecule has 0 bridgehead atoms. The van der Waals surface area contributed by atoms with Crippen LogP contribution in [0.5, 0.6) is 0 Å². The summed E-state index contributed by atoms with van der Waals surface area (Å²) < 4.78 is 26.1. The SMILES string of the molecule is CCS(=O)(=O)N1CCC(C(=O)NCc2ccc(Br)s2)CC1. The van der Waals surface area contributed by atoms with E-state index in [4.69, 9.17) is 0 Å². The quantitative estimate of drug-likeness (QED) is 0.831. The molecule has 1 aromatic heterocycles. The highest BCUT2D eigenvalue weighted by molar-refractivity contribution is 9.11. The summed E-state index contributed by atoms with van der Waals surface area (Å²) in [5, 5.41) is 2.93. The van der Waals surface area contributed by atoms with Crippen molar-refractivity contribution in [2.75, 3.05) is 18.8 Å². The van der Waals surface area contributed by atoms with Gasteiger partial charge in [-0.2, -0.15) is 0 Å². The predicted molar refractivity (Wildman–Crippen MR) is 87.6 cm³/mol. The van der Waals surface area contributed by atoms with Crippen molar-refractivity contribution < 1.29 is 13.2 Å². The first-order chi connectivity index (χ1) is 9.92. The summed E-state index contributed by atoms with van der Waals surface area (Å²) in [5.74, 6) is 0.0571. The van der Waals surface area contributed by atoms with Crippen LogP contribution in [-0.2, 0) is 21.4 Å². The molecule has 1 N–H and O–H groups in total. The second-order valence-electron chi connectivity index (χ2n) is 5.00. The first kappa shape index (κ1) is 16.9. The smallest absolute Gasteiger partial charge is 0.223 e. The number of carbonyl (C=O) groups is 1. The summed E-state index contributed by atoms with van der Waals surface area (Å²) in [7, 11) is -3.12. The normalized spacial score (nSPS) is 17.8. The Bertz CT molecular complexity index is 592. The van der Waals surface area contributed by atoms with Gasteiger partial charge in [0.15, 0.2) is 0 Å². The lowest BCUT2D eigenvalue weighted by molar-refractivity contribution is -0.126. The van der Waals surface area contributed by atoms with Gasteiger partial charge in [-0.05, 0) is 47.8 Å². The van der Waals surface area contributed by atoms with Crippen LogP contribution in [0.1, 0.15) is 24.6 Å². The molecule has 2 rings (SSSR count). The lowest BCUT2D eigenvalue weighted by Crippen LogP contribution is -2.43. The maximum atomic E-state index is 12.1. The van der Waals surface area contributed by atoms with Crippen molar-refractivity contribution >= 4 is 43.2 Å². The molecule has 21 heavy (non-hydrogen) atoms. The third-order valence-electron chi connectivity index (χ3n) is 3.65. The highest BCUT2D eigenvalue weighted by atomic mass is 79.9. The number of hydrogen-bond acceptors (Lipinski definition) is 4. The van der Waals surface area contributed by atoms with Gasteiger partial charge in [0.05, 0.1) is 16.1 Å². The summed E-state index contributed by atoms with van der Waals surface area (Å²) in [4.78, 5) is 13.2. The zero-order valence-electron chi connectivity index (χ0n) is 11.8. The van der Waals surface area contributed by atoms with Gasteiger partial charge in [-0.1, -0.05) is 0 Å². The monoisotopic (exact) mass is 394 g/mol. The molecular formula is C13H19BrN2O3S2. The van der Waals surface area contributed by atoms with Crippen LogP contribution < -0.4 is 5.32 Å². The molecule has 0 saturated carbocycles. The van der Waals surface area contributed by atoms with Crippen molar-refractivity contribution in [2.45, 2.75) is 26.3 Å². The van der Waals surface area contributed by atoms with E-state index in [0.717, 1.165) is 8.66 Å². The molecule has 1 aromatic rings. The topological polar surface area (TPSA) is 66.5 Å². The standard InChI is InChI=1S/C13H19BrN2O3S2/c1-2-21(18,19)16-7-5-10(6-8-16)13(17)15-9-11-3-4-12(14)20-11/h3-4,10H,2,5-9H2,1H3,(H,15,17). The van der Waals surface area contributed by atoms with Crippen molar-refractivity contribution in [3.05, 3.63) is 20.8 Å². The first-order valence-electron chi connectivity index (χ1n) is 6.92. The van der Waals surface area contributed by atoms with Crippen LogP contribution in [-0.4, -0.2) is 37.5 Å². The van der Waals surface area contributed by atoms with Gasteiger partial charge in [0.2, 0.25) is 15.9 Å². The molecule has 0 aliphatic carbocycles. The van der Waals surface area contributed by atoms with E-state index in [1.54, 1.807) is 18.3 Å². The van der Waals surface area contributed by atoms with E-state index < -0.39 is 10.0 Å². The highest BCUT2D eigenvalue weighted by Gasteiger charge is 2.29. The lowest BCUT2D eigenvalue weighted by atomic mass is 9.97. The Morgan fingerprint density at radius 2 is 2.10 bits per heavy atom. The minimum atomic E-state index is -3.12. The summed E-state index contributed by atoms with van der Waals surface area (Å²) in [6.07, 6.45) is 1.19. The molecule has 1 aliphatic rings. The second-order valence-corrected chi connectivity index (χ2v) is 9.80. The Kier molecular flexibility index (Phi) is 5.81. The van der Waals surface area contributed by atoms with Crippen molar-refractivity contribution in [3.8, 4) is 0 Å². The van der Waals surface area contributed by atoms with E-state index in [0.29, 0.717) is 32.5 Å². The summed E-state index contributed by atoms with van der Waals surface area (Å²) >= 11 is 4.99. The largest absolute Gasteiger partial charge is 0.351 e. The minimum absolute atomic E-state index is 0.0214. The molecule has 0 atom stereocenters.